The molecule has 0 aliphatic heterocycles. The maximum Gasteiger partial charge on any atom is 0.503 e. The number of rotatable bonds is 2. The van der Waals surface area contributed by atoms with Gasteiger partial charge in [0.2, 0.25) is 0 Å². The van der Waals surface area contributed by atoms with Crippen LogP contribution in [0.5, 0.6) is 0 Å². The molecular weight excluding hydrogens is 185 g/mol. The Morgan fingerprint density at radius 2 is 2.38 bits per heavy atom. The fourth-order valence-corrected chi connectivity index (χ4v) is 0.119. The molecule has 1 N–H and O–H groups in total. The van der Waals surface area contributed by atoms with Crippen LogP contribution in [0.25, 0.3) is 0 Å². The van der Waals surface area contributed by atoms with Gasteiger partial charge in [0.15, 0.2) is 0 Å². The van der Waals surface area contributed by atoms with Crippen molar-refractivity contribution < 1.29 is 47.3 Å². The van der Waals surface area contributed by atoms with Crippen LogP contribution in [-0.2, 0) is 37.4 Å². The van der Waals surface area contributed by atoms with Crippen LogP contribution in [0.2, 0.25) is 0 Å². The van der Waals surface area contributed by atoms with Gasteiger partial charge < -0.3 is 9.84 Å². The molecule has 0 atom stereocenters. The van der Waals surface area contributed by atoms with Gasteiger partial charge in [-0.05, 0) is 6.61 Å². The van der Waals surface area contributed by atoms with E-state index < -0.39 is 6.16 Å². The predicted molar refractivity (Wildman–Crippen MR) is 22.6 cm³/mol. The molecule has 3 nitrogen and oxygen atoms in total. The first-order valence-corrected chi connectivity index (χ1v) is 1.66. The van der Waals surface area contributed by atoms with Gasteiger partial charge in [-0.2, -0.15) is 0 Å². The maximum atomic E-state index is 9.46. The summed E-state index contributed by atoms with van der Waals surface area (Å²) < 4.78 is 3.93. The molecule has 0 spiro atoms. The minimum atomic E-state index is -1.30. The van der Waals surface area contributed by atoms with Gasteiger partial charge in [-0.15, -0.1) is 0 Å². The quantitative estimate of drug-likeness (QED) is 0.512. The van der Waals surface area contributed by atoms with Crippen molar-refractivity contribution in [3.8, 4) is 0 Å². The van der Waals surface area contributed by atoms with E-state index in [0.29, 0.717) is 0 Å². The molecule has 43 valence electrons. The third-order valence-electron chi connectivity index (χ3n) is 0.303. The van der Waals surface area contributed by atoms with Gasteiger partial charge in [0, 0.05) is 32.7 Å². The molecule has 0 saturated heterocycles. The van der Waals surface area contributed by atoms with Crippen LogP contribution in [0.1, 0.15) is 0 Å². The van der Waals surface area contributed by atoms with E-state index in [2.05, 4.69) is 4.74 Å². The van der Waals surface area contributed by atoms with Crippen molar-refractivity contribution in [1.82, 2.24) is 0 Å². The zero-order chi connectivity index (χ0) is 5.70. The second kappa shape index (κ2) is 7.37. The van der Waals surface area contributed by atoms with Crippen LogP contribution in [-0.4, -0.2) is 17.9 Å². The maximum absolute atomic E-state index is 9.46. The normalized spacial score (nSPS) is 7.12. The van der Waals surface area contributed by atoms with Crippen molar-refractivity contribution in [2.45, 2.75) is 0 Å². The van der Waals surface area contributed by atoms with Gasteiger partial charge in [-0.3, -0.25) is 6.42 Å². The van der Waals surface area contributed by atoms with E-state index >= 15 is 0 Å². The van der Waals surface area contributed by atoms with Crippen molar-refractivity contribution in [2.24, 2.45) is 0 Å². The number of carbonyl (C=O) groups is 1. The zero-order valence-corrected chi connectivity index (χ0v) is 7.04. The molecule has 0 aliphatic rings. The summed E-state index contributed by atoms with van der Waals surface area (Å²) >= 11 is 0. The minimum absolute atomic E-state index is 0. The topological polar surface area (TPSA) is 46.5 Å². The van der Waals surface area contributed by atoms with E-state index in [1.807, 2.05) is 0 Å². The standard InChI is InChI=1S/C4H5O3.Y/c1-2-3-7-4(5)6;/h1-2H,3H2,(H,5,6);/q-1;. The molecule has 4 heteroatoms. The van der Waals surface area contributed by atoms with Gasteiger partial charge in [0.25, 0.3) is 0 Å². The Kier molecular flexibility index (Phi) is 10.3. The average molecular weight is 190 g/mol. The molecule has 0 fully saturated rings. The van der Waals surface area contributed by atoms with Crippen LogP contribution >= 0.6 is 0 Å². The van der Waals surface area contributed by atoms with Crippen molar-refractivity contribution in [2.75, 3.05) is 6.61 Å². The van der Waals surface area contributed by atoms with Crippen molar-refractivity contribution in [3.63, 3.8) is 0 Å². The summed E-state index contributed by atoms with van der Waals surface area (Å²) in [7, 11) is 0. The van der Waals surface area contributed by atoms with Crippen molar-refractivity contribution >= 4 is 6.16 Å². The Balaban J connectivity index is 0. The smallest absolute Gasteiger partial charge is 0.467 e. The summed E-state index contributed by atoms with van der Waals surface area (Å²) in [6, 6.07) is 0. The number of ether oxygens (including phenoxy) is 1. The Bertz CT molecular complexity index is 64.3. The fraction of sp³-hybridized carbons (Fsp3) is 0.250. The van der Waals surface area contributed by atoms with Gasteiger partial charge in [0.1, 0.15) is 0 Å². The molecule has 0 amide bonds. The van der Waals surface area contributed by atoms with E-state index in [4.69, 9.17) is 12.0 Å². The van der Waals surface area contributed by atoms with Crippen molar-refractivity contribution in [3.05, 3.63) is 13.3 Å². The third-order valence-corrected chi connectivity index (χ3v) is 0.303. The Morgan fingerprint density at radius 1 is 1.88 bits per heavy atom. The summed E-state index contributed by atoms with van der Waals surface area (Å²) in [6.45, 7) is 4.72. The van der Waals surface area contributed by atoms with Crippen LogP contribution in [0.3, 0.4) is 0 Å². The van der Waals surface area contributed by atoms with Gasteiger partial charge in [-0.1, -0.05) is 0 Å². The van der Waals surface area contributed by atoms with Crippen molar-refractivity contribution in [1.29, 1.82) is 0 Å². The summed E-state index contributed by atoms with van der Waals surface area (Å²) in [6.07, 6.45) is -0.185. The molecule has 0 heterocycles. The number of hydrogen-bond donors (Lipinski definition) is 1. The molecule has 0 aromatic rings. The van der Waals surface area contributed by atoms with Gasteiger partial charge in [0.05, 0.1) is 0 Å². The Morgan fingerprint density at radius 3 is 2.50 bits per heavy atom. The van der Waals surface area contributed by atoms with Gasteiger partial charge >= 0.3 is 6.16 Å². The summed E-state index contributed by atoms with van der Waals surface area (Å²) in [5.41, 5.74) is 0. The molecule has 8 heavy (non-hydrogen) atoms. The molecule has 0 aliphatic carbocycles. The fourth-order valence-electron chi connectivity index (χ4n) is 0.119. The molecule has 0 unspecified atom stereocenters. The van der Waals surface area contributed by atoms with Crippen LogP contribution in [0.4, 0.5) is 4.79 Å². The predicted octanol–water partition coefficient (Wildman–Crippen LogP) is 0.594. The average Bonchev–Trinajstić information content (AvgIpc) is 1.61. The zero-order valence-electron chi connectivity index (χ0n) is 4.20. The first-order valence-electron chi connectivity index (χ1n) is 1.66. The van der Waals surface area contributed by atoms with E-state index in [0.717, 1.165) is 6.42 Å². The van der Waals surface area contributed by atoms with E-state index in [1.165, 1.54) is 0 Å². The SMILES string of the molecule is [CH][CH-]COC(=O)O.[Y]. The van der Waals surface area contributed by atoms with Crippen LogP contribution in [0.15, 0.2) is 0 Å². The second-order valence-electron chi connectivity index (χ2n) is 0.813. The summed E-state index contributed by atoms with van der Waals surface area (Å²) in [4.78, 5) is 9.46. The molecule has 0 saturated carbocycles. The van der Waals surface area contributed by atoms with E-state index in [9.17, 15) is 4.79 Å². The minimum Gasteiger partial charge on any atom is -0.467 e. The van der Waals surface area contributed by atoms with Crippen LogP contribution < -0.4 is 0 Å². The molecule has 0 rings (SSSR count). The van der Waals surface area contributed by atoms with Crippen LogP contribution in [0, 0.1) is 13.3 Å². The second-order valence-corrected chi connectivity index (χ2v) is 0.813. The monoisotopic (exact) mass is 190 g/mol. The molecular formula is C4H5O3Y-. The Labute approximate surface area is 73.3 Å². The first kappa shape index (κ1) is 11.2. The van der Waals surface area contributed by atoms with E-state index in [-0.39, 0.29) is 39.3 Å². The largest absolute Gasteiger partial charge is 0.503 e. The molecule has 0 aromatic carbocycles. The number of carboxylic acid groups (broad SMARTS) is 1. The molecule has 0 bridgehead atoms. The summed E-state index contributed by atoms with van der Waals surface area (Å²) in [5.74, 6) is 0. The summed E-state index contributed by atoms with van der Waals surface area (Å²) in [5, 5.41) is 7.75. The molecule has 0 aromatic heterocycles. The Hall–Kier alpha value is 0.374. The first-order chi connectivity index (χ1) is 3.27. The van der Waals surface area contributed by atoms with Gasteiger partial charge in [-0.25, -0.2) is 11.7 Å². The third kappa shape index (κ3) is 9.62. The number of hydrogen-bond acceptors (Lipinski definition) is 2. The molecule has 3 radical (unpaired) electrons. The van der Waals surface area contributed by atoms with E-state index in [1.54, 1.807) is 0 Å².